The molecular formula is C24H27N3O2. The van der Waals surface area contributed by atoms with E-state index in [9.17, 15) is 9.59 Å². The van der Waals surface area contributed by atoms with Crippen molar-refractivity contribution in [2.75, 3.05) is 13.1 Å². The minimum Gasteiger partial charge on any atom is -0.366 e. The molecule has 2 aliphatic rings. The molecule has 150 valence electrons. The first-order valence-electron chi connectivity index (χ1n) is 10.5. The number of hydrogen-bond acceptors (Lipinski definition) is 3. The van der Waals surface area contributed by atoms with E-state index in [-0.39, 0.29) is 5.91 Å². The molecule has 2 N–H and O–H groups in total. The highest BCUT2D eigenvalue weighted by molar-refractivity contribution is 5.94. The molecule has 0 saturated carbocycles. The predicted molar refractivity (Wildman–Crippen MR) is 113 cm³/mol. The van der Waals surface area contributed by atoms with Crippen LogP contribution in [0.3, 0.4) is 0 Å². The van der Waals surface area contributed by atoms with Gasteiger partial charge in [0.25, 0.3) is 0 Å². The largest absolute Gasteiger partial charge is 0.366 e. The van der Waals surface area contributed by atoms with Gasteiger partial charge in [-0.3, -0.25) is 14.6 Å². The topological polar surface area (TPSA) is 76.3 Å². The number of hydrogen-bond donors (Lipinski definition) is 1. The number of pyridine rings is 1. The van der Waals surface area contributed by atoms with Crippen LogP contribution in [0.15, 0.2) is 42.1 Å². The molecule has 5 nitrogen and oxygen atoms in total. The van der Waals surface area contributed by atoms with Crippen molar-refractivity contribution in [1.29, 1.82) is 0 Å². The zero-order valence-electron chi connectivity index (χ0n) is 16.9. The molecule has 0 unspecified atom stereocenters. The van der Waals surface area contributed by atoms with Gasteiger partial charge < -0.3 is 10.6 Å². The zero-order valence-corrected chi connectivity index (χ0v) is 16.9. The van der Waals surface area contributed by atoms with Crippen molar-refractivity contribution in [3.05, 3.63) is 70.0 Å². The Labute approximate surface area is 171 Å². The number of benzene rings is 1. The van der Waals surface area contributed by atoms with E-state index in [2.05, 4.69) is 6.07 Å². The summed E-state index contributed by atoms with van der Waals surface area (Å²) in [4.78, 5) is 30.7. The number of piperidine rings is 1. The van der Waals surface area contributed by atoms with Gasteiger partial charge in [0, 0.05) is 36.8 Å². The van der Waals surface area contributed by atoms with E-state index in [4.69, 9.17) is 10.7 Å². The number of aromatic nitrogens is 1. The lowest BCUT2D eigenvalue weighted by molar-refractivity contribution is -0.131. The number of aryl methyl sites for hydroxylation is 2. The summed E-state index contributed by atoms with van der Waals surface area (Å²) in [5.74, 6) is -0.146. The second kappa shape index (κ2) is 8.19. The number of nitrogens with zero attached hydrogens (tertiary/aromatic N) is 2. The Bertz CT molecular complexity index is 983. The molecule has 1 saturated heterocycles. The maximum atomic E-state index is 12.3. The van der Waals surface area contributed by atoms with E-state index in [0.717, 1.165) is 62.0 Å². The summed E-state index contributed by atoms with van der Waals surface area (Å²) in [6.07, 6.45) is 6.81. The highest BCUT2D eigenvalue weighted by Gasteiger charge is 2.26. The number of nitrogens with two attached hydrogens (primary N) is 1. The summed E-state index contributed by atoms with van der Waals surface area (Å²) < 4.78 is 0. The van der Waals surface area contributed by atoms with Crippen molar-refractivity contribution in [3.8, 4) is 0 Å². The van der Waals surface area contributed by atoms with Crippen LogP contribution in [0.1, 0.15) is 65.3 Å². The summed E-state index contributed by atoms with van der Waals surface area (Å²) in [6.45, 7) is 3.56. The highest BCUT2D eigenvalue weighted by Crippen LogP contribution is 2.38. The normalized spacial score (nSPS) is 16.1. The van der Waals surface area contributed by atoms with Crippen LogP contribution in [0, 0.1) is 0 Å². The first-order chi connectivity index (χ1) is 14.1. The number of likely N-dealkylation sites (tertiary alicyclic amines) is 1. The van der Waals surface area contributed by atoms with Gasteiger partial charge in [-0.2, -0.15) is 0 Å². The highest BCUT2D eigenvalue weighted by atomic mass is 16.2. The van der Waals surface area contributed by atoms with Gasteiger partial charge in [0.05, 0.1) is 5.69 Å². The van der Waals surface area contributed by atoms with E-state index >= 15 is 0 Å². The molecule has 1 aliphatic carbocycles. The van der Waals surface area contributed by atoms with Gasteiger partial charge in [-0.15, -0.1) is 0 Å². The summed E-state index contributed by atoms with van der Waals surface area (Å²) in [5.41, 5.74) is 13.2. The quantitative estimate of drug-likeness (QED) is 0.873. The maximum Gasteiger partial charge on any atom is 0.248 e. The molecule has 0 spiro atoms. The van der Waals surface area contributed by atoms with Crippen molar-refractivity contribution in [2.45, 2.75) is 45.4 Å². The van der Waals surface area contributed by atoms with Gasteiger partial charge in [-0.1, -0.05) is 24.6 Å². The smallest absolute Gasteiger partial charge is 0.248 e. The van der Waals surface area contributed by atoms with Gasteiger partial charge in [0.2, 0.25) is 11.8 Å². The van der Waals surface area contributed by atoms with Crippen LogP contribution >= 0.6 is 0 Å². The molecule has 2 amide bonds. The fraction of sp³-hybridized carbons (Fsp3) is 0.375. The Morgan fingerprint density at radius 2 is 1.83 bits per heavy atom. The van der Waals surface area contributed by atoms with E-state index in [1.54, 1.807) is 0 Å². The Balaban J connectivity index is 1.77. The molecule has 1 aliphatic heterocycles. The Kier molecular flexibility index (Phi) is 5.47. The lowest BCUT2D eigenvalue weighted by atomic mass is 9.88. The van der Waals surface area contributed by atoms with E-state index in [1.165, 1.54) is 16.7 Å². The number of rotatable bonds is 3. The third-order valence-corrected chi connectivity index (χ3v) is 5.99. The fourth-order valence-corrected chi connectivity index (χ4v) is 4.47. The molecule has 2 aromatic rings. The lowest BCUT2D eigenvalue weighted by Gasteiger charge is -2.30. The van der Waals surface area contributed by atoms with E-state index in [0.29, 0.717) is 12.0 Å². The SMILES string of the molecule is CCCC(=O)N1CCC(=C2c3ccc(C(N)=O)cc3CCc3cccnc32)CC1. The number of amides is 2. The first kappa shape index (κ1) is 19.4. The minimum absolute atomic E-state index is 0.252. The van der Waals surface area contributed by atoms with Crippen LogP contribution in [0.4, 0.5) is 0 Å². The number of carbonyl (C=O) groups excluding carboxylic acids is 2. The van der Waals surface area contributed by atoms with Gasteiger partial charge in [0.15, 0.2) is 0 Å². The molecular weight excluding hydrogens is 362 g/mol. The second-order valence-corrected chi connectivity index (χ2v) is 7.86. The van der Waals surface area contributed by atoms with Crippen LogP contribution in [0.2, 0.25) is 0 Å². The number of primary amides is 1. The zero-order chi connectivity index (χ0) is 20.4. The van der Waals surface area contributed by atoms with Gasteiger partial charge in [-0.05, 0) is 67.0 Å². The third-order valence-electron chi connectivity index (χ3n) is 5.99. The number of carbonyl (C=O) groups is 2. The summed E-state index contributed by atoms with van der Waals surface area (Å²) >= 11 is 0. The Hall–Kier alpha value is -2.95. The molecule has 0 bridgehead atoms. The van der Waals surface area contributed by atoms with E-state index < -0.39 is 5.91 Å². The summed E-state index contributed by atoms with van der Waals surface area (Å²) in [7, 11) is 0. The minimum atomic E-state index is -0.398. The van der Waals surface area contributed by atoms with Crippen molar-refractivity contribution in [1.82, 2.24) is 9.88 Å². The van der Waals surface area contributed by atoms with Crippen LogP contribution in [-0.4, -0.2) is 34.8 Å². The molecule has 0 atom stereocenters. The monoisotopic (exact) mass is 389 g/mol. The molecule has 2 heterocycles. The molecule has 5 heteroatoms. The predicted octanol–water partition coefficient (Wildman–Crippen LogP) is 3.50. The van der Waals surface area contributed by atoms with Crippen LogP contribution in [-0.2, 0) is 17.6 Å². The van der Waals surface area contributed by atoms with Crippen LogP contribution in [0.5, 0.6) is 0 Å². The van der Waals surface area contributed by atoms with Crippen LogP contribution in [0.25, 0.3) is 5.57 Å². The third kappa shape index (κ3) is 3.82. The van der Waals surface area contributed by atoms with Gasteiger partial charge in [-0.25, -0.2) is 0 Å². The average Bonchev–Trinajstić information content (AvgIpc) is 2.90. The summed E-state index contributed by atoms with van der Waals surface area (Å²) in [6, 6.07) is 9.90. The van der Waals surface area contributed by atoms with Gasteiger partial charge >= 0.3 is 0 Å². The first-order valence-corrected chi connectivity index (χ1v) is 10.5. The van der Waals surface area contributed by atoms with Crippen molar-refractivity contribution in [3.63, 3.8) is 0 Å². The van der Waals surface area contributed by atoms with Crippen LogP contribution < -0.4 is 5.73 Å². The molecule has 0 radical (unpaired) electrons. The Morgan fingerprint density at radius 3 is 2.55 bits per heavy atom. The van der Waals surface area contributed by atoms with Crippen molar-refractivity contribution >= 4 is 17.4 Å². The summed E-state index contributed by atoms with van der Waals surface area (Å²) in [5, 5.41) is 0. The van der Waals surface area contributed by atoms with Crippen molar-refractivity contribution in [2.24, 2.45) is 5.73 Å². The standard InChI is InChI=1S/C24H27N3O2/c1-2-4-21(28)27-13-10-16(11-14-27)22-20-9-8-19(24(25)29)15-18(20)7-6-17-5-3-12-26-23(17)22/h3,5,8-9,12,15H,2,4,6-7,10-11,13-14H2,1H3,(H2,25,29). The average molecular weight is 389 g/mol. The molecule has 4 rings (SSSR count). The van der Waals surface area contributed by atoms with Gasteiger partial charge in [0.1, 0.15) is 0 Å². The molecule has 1 aromatic heterocycles. The van der Waals surface area contributed by atoms with Crippen molar-refractivity contribution < 1.29 is 9.59 Å². The Morgan fingerprint density at radius 1 is 1.07 bits per heavy atom. The van der Waals surface area contributed by atoms with E-state index in [1.807, 2.05) is 42.3 Å². The molecule has 29 heavy (non-hydrogen) atoms. The second-order valence-electron chi connectivity index (χ2n) is 7.86. The molecule has 1 aromatic carbocycles. The maximum absolute atomic E-state index is 12.3. The lowest BCUT2D eigenvalue weighted by Crippen LogP contribution is -2.36. The fourth-order valence-electron chi connectivity index (χ4n) is 4.47. The number of fused-ring (bicyclic) bond motifs is 2. The molecule has 1 fully saturated rings.